The van der Waals surface area contributed by atoms with Crippen LogP contribution in [-0.4, -0.2) is 48.6 Å². The van der Waals surface area contributed by atoms with Gasteiger partial charge in [-0.1, -0.05) is 0 Å². The average molecular weight is 410 g/mol. The Balaban J connectivity index is 1.80. The number of rotatable bonds is 5. The first-order valence-corrected chi connectivity index (χ1v) is 8.39. The first-order chi connectivity index (χ1) is 13.7. The second-order valence-electron chi connectivity index (χ2n) is 6.15. The summed E-state index contributed by atoms with van der Waals surface area (Å²) >= 11 is 0. The van der Waals surface area contributed by atoms with Gasteiger partial charge in [-0.05, 0) is 18.2 Å². The van der Waals surface area contributed by atoms with E-state index in [0.29, 0.717) is 5.75 Å². The number of carbonyl (C=O) groups excluding carboxylic acids is 2. The number of nitrogens with zero attached hydrogens (tertiary/aromatic N) is 2. The fraction of sp³-hybridized carbons (Fsp3) is 0.278. The van der Waals surface area contributed by atoms with E-state index in [0.717, 1.165) is 18.3 Å². The molecule has 8 nitrogen and oxygen atoms in total. The zero-order chi connectivity index (χ0) is 21.2. The second-order valence-corrected chi connectivity index (χ2v) is 6.15. The van der Waals surface area contributed by atoms with E-state index in [1.54, 1.807) is 0 Å². The molecule has 1 aliphatic rings. The van der Waals surface area contributed by atoms with Crippen LogP contribution in [0.1, 0.15) is 5.56 Å². The minimum Gasteiger partial charge on any atom is -0.495 e. The zero-order valence-electron chi connectivity index (χ0n) is 15.4. The van der Waals surface area contributed by atoms with E-state index in [-0.39, 0.29) is 29.9 Å². The first-order valence-electron chi connectivity index (χ1n) is 8.39. The Bertz CT molecular complexity index is 936. The van der Waals surface area contributed by atoms with E-state index in [9.17, 15) is 22.8 Å². The number of carbonyl (C=O) groups is 2. The molecular weight excluding hydrogens is 393 g/mol. The Labute approximate surface area is 163 Å². The number of pyridine rings is 1. The summed E-state index contributed by atoms with van der Waals surface area (Å²) < 4.78 is 49.1. The number of ether oxygens (including phenoxy) is 2. The van der Waals surface area contributed by atoms with Crippen LogP contribution in [0.15, 0.2) is 36.5 Å². The molecule has 2 aromatic rings. The van der Waals surface area contributed by atoms with Crippen molar-refractivity contribution in [1.29, 1.82) is 0 Å². The third kappa shape index (κ3) is 4.50. The smallest absolute Gasteiger partial charge is 0.416 e. The number of urea groups is 1. The lowest BCUT2D eigenvalue weighted by Gasteiger charge is -2.19. The molecule has 1 atom stereocenters. The minimum atomic E-state index is -4.53. The van der Waals surface area contributed by atoms with Crippen LogP contribution in [0.2, 0.25) is 0 Å². The molecule has 1 unspecified atom stereocenters. The summed E-state index contributed by atoms with van der Waals surface area (Å²) in [6.45, 7) is 0.147. The third-order valence-electron chi connectivity index (χ3n) is 4.25. The van der Waals surface area contributed by atoms with Gasteiger partial charge in [-0.3, -0.25) is 4.79 Å². The Hall–Kier alpha value is -3.50. The fourth-order valence-corrected chi connectivity index (χ4v) is 2.68. The van der Waals surface area contributed by atoms with E-state index in [4.69, 9.17) is 9.47 Å². The van der Waals surface area contributed by atoms with Crippen LogP contribution in [0.5, 0.6) is 17.4 Å². The molecule has 2 N–H and O–H groups in total. The maximum absolute atomic E-state index is 12.8. The summed E-state index contributed by atoms with van der Waals surface area (Å²) in [5.74, 6) is -0.268. The highest BCUT2D eigenvalue weighted by Gasteiger charge is 2.33. The van der Waals surface area contributed by atoms with Crippen LogP contribution >= 0.6 is 0 Å². The van der Waals surface area contributed by atoms with Crippen molar-refractivity contribution >= 4 is 17.6 Å². The van der Waals surface area contributed by atoms with Gasteiger partial charge in [0.1, 0.15) is 17.5 Å². The Morgan fingerprint density at radius 1 is 1.31 bits per heavy atom. The number of hydrogen-bond donors (Lipinski definition) is 2. The molecule has 0 spiro atoms. The molecule has 11 heteroatoms. The fourth-order valence-electron chi connectivity index (χ4n) is 2.68. The second kappa shape index (κ2) is 7.86. The third-order valence-corrected chi connectivity index (χ3v) is 4.25. The lowest BCUT2D eigenvalue weighted by atomic mass is 10.2. The Morgan fingerprint density at radius 3 is 2.69 bits per heavy atom. The molecular formula is C18H17F3N4O4. The lowest BCUT2D eigenvalue weighted by molar-refractivity contribution is -0.137. The molecule has 2 heterocycles. The maximum atomic E-state index is 12.8. The standard InChI is InChI=1S/C18H17F3N4O4/c1-25-13(9-23-17(25)27)16(26)24-12-8-11(3-4-14(12)28-2)29-15-7-10(5-6-22-15)18(19,20)21/h3-8,13H,9H2,1-2H3,(H,23,27)(H,24,26). The number of likely N-dealkylation sites (N-methyl/N-ethyl adjacent to an activating group) is 1. The molecule has 0 radical (unpaired) electrons. The van der Waals surface area contributed by atoms with E-state index in [1.165, 1.54) is 37.3 Å². The van der Waals surface area contributed by atoms with Crippen molar-refractivity contribution < 1.29 is 32.2 Å². The Kier molecular flexibility index (Phi) is 5.48. The van der Waals surface area contributed by atoms with Crippen LogP contribution in [0.25, 0.3) is 0 Å². The number of hydrogen-bond acceptors (Lipinski definition) is 5. The largest absolute Gasteiger partial charge is 0.495 e. The van der Waals surface area contributed by atoms with Crippen molar-refractivity contribution in [3.63, 3.8) is 0 Å². The number of methoxy groups -OCH3 is 1. The monoisotopic (exact) mass is 410 g/mol. The molecule has 3 rings (SSSR count). The van der Waals surface area contributed by atoms with Crippen LogP contribution in [0.4, 0.5) is 23.7 Å². The van der Waals surface area contributed by atoms with E-state index < -0.39 is 23.7 Å². The normalized spacial score (nSPS) is 16.4. The van der Waals surface area contributed by atoms with Gasteiger partial charge in [0.05, 0.1) is 18.4 Å². The predicted molar refractivity (Wildman–Crippen MR) is 95.9 cm³/mol. The predicted octanol–water partition coefficient (Wildman–Crippen LogP) is 2.86. The van der Waals surface area contributed by atoms with Gasteiger partial charge in [0, 0.05) is 31.9 Å². The molecule has 1 saturated heterocycles. The van der Waals surface area contributed by atoms with Gasteiger partial charge < -0.3 is 25.0 Å². The van der Waals surface area contributed by atoms with Gasteiger partial charge in [0.25, 0.3) is 0 Å². The lowest BCUT2D eigenvalue weighted by Crippen LogP contribution is -2.40. The summed E-state index contributed by atoms with van der Waals surface area (Å²) in [5.41, 5.74) is -0.666. The molecule has 1 aliphatic heterocycles. The van der Waals surface area contributed by atoms with E-state index >= 15 is 0 Å². The van der Waals surface area contributed by atoms with Crippen molar-refractivity contribution in [1.82, 2.24) is 15.2 Å². The number of aromatic nitrogens is 1. The molecule has 1 fully saturated rings. The van der Waals surface area contributed by atoms with E-state index in [2.05, 4.69) is 15.6 Å². The summed E-state index contributed by atoms with van der Waals surface area (Å²) in [6, 6.07) is 4.85. The molecule has 0 bridgehead atoms. The molecule has 0 aliphatic carbocycles. The van der Waals surface area contributed by atoms with Crippen molar-refractivity contribution in [3.8, 4) is 17.4 Å². The van der Waals surface area contributed by atoms with Crippen molar-refractivity contribution in [3.05, 3.63) is 42.1 Å². The molecule has 0 saturated carbocycles. The highest BCUT2D eigenvalue weighted by Crippen LogP contribution is 2.34. The van der Waals surface area contributed by atoms with Crippen molar-refractivity contribution in [2.75, 3.05) is 26.0 Å². The maximum Gasteiger partial charge on any atom is 0.416 e. The number of nitrogens with one attached hydrogen (secondary N) is 2. The number of halogens is 3. The quantitative estimate of drug-likeness (QED) is 0.791. The summed E-state index contributed by atoms with van der Waals surface area (Å²) in [4.78, 5) is 29.0. The van der Waals surface area contributed by atoms with Gasteiger partial charge in [-0.15, -0.1) is 0 Å². The first kappa shape index (κ1) is 20.2. The van der Waals surface area contributed by atoms with Crippen LogP contribution in [-0.2, 0) is 11.0 Å². The molecule has 29 heavy (non-hydrogen) atoms. The van der Waals surface area contributed by atoms with Crippen LogP contribution in [0.3, 0.4) is 0 Å². The van der Waals surface area contributed by atoms with Crippen LogP contribution in [0, 0.1) is 0 Å². The number of alkyl halides is 3. The van der Waals surface area contributed by atoms with Gasteiger partial charge in [-0.25, -0.2) is 9.78 Å². The highest BCUT2D eigenvalue weighted by molar-refractivity contribution is 5.99. The summed E-state index contributed by atoms with van der Waals surface area (Å²) in [6.07, 6.45) is -3.54. The van der Waals surface area contributed by atoms with E-state index in [1.807, 2.05) is 0 Å². The van der Waals surface area contributed by atoms with Gasteiger partial charge in [0.2, 0.25) is 11.8 Å². The molecule has 1 aromatic carbocycles. The zero-order valence-corrected chi connectivity index (χ0v) is 15.4. The van der Waals surface area contributed by atoms with Gasteiger partial charge in [-0.2, -0.15) is 13.2 Å². The number of benzene rings is 1. The molecule has 154 valence electrons. The summed E-state index contributed by atoms with van der Waals surface area (Å²) in [7, 11) is 2.88. The van der Waals surface area contributed by atoms with Crippen LogP contribution < -0.4 is 20.1 Å². The summed E-state index contributed by atoms with van der Waals surface area (Å²) in [5, 5.41) is 5.18. The van der Waals surface area contributed by atoms with Gasteiger partial charge in [0.15, 0.2) is 0 Å². The topological polar surface area (TPSA) is 92.8 Å². The SMILES string of the molecule is COc1ccc(Oc2cc(C(F)(F)F)ccn2)cc1NC(=O)C1CNC(=O)N1C. The molecule has 3 amide bonds. The highest BCUT2D eigenvalue weighted by atomic mass is 19.4. The molecule has 1 aromatic heterocycles. The average Bonchev–Trinajstić information content (AvgIpc) is 3.00. The Morgan fingerprint density at radius 2 is 2.07 bits per heavy atom. The van der Waals surface area contributed by atoms with Crippen molar-refractivity contribution in [2.45, 2.75) is 12.2 Å². The number of anilines is 1. The van der Waals surface area contributed by atoms with Gasteiger partial charge >= 0.3 is 12.2 Å². The van der Waals surface area contributed by atoms with Crippen molar-refractivity contribution in [2.24, 2.45) is 0 Å². The minimum absolute atomic E-state index is 0.141. The number of amides is 3.